The first-order valence-corrected chi connectivity index (χ1v) is 6.54. The lowest BCUT2D eigenvalue weighted by atomic mass is 10.2. The van der Waals surface area contributed by atoms with Gasteiger partial charge >= 0.3 is 0 Å². The van der Waals surface area contributed by atoms with Crippen molar-refractivity contribution in [3.05, 3.63) is 65.7 Å². The van der Waals surface area contributed by atoms with Crippen LogP contribution < -0.4 is 10.6 Å². The predicted molar refractivity (Wildman–Crippen MR) is 78.1 cm³/mol. The Morgan fingerprint density at radius 3 is 2.40 bits per heavy atom. The molecule has 0 aliphatic carbocycles. The highest BCUT2D eigenvalue weighted by atomic mass is 16.3. The first kappa shape index (κ1) is 14.1. The third-order valence-electron chi connectivity index (χ3n) is 2.93. The number of benzene rings is 2. The Balaban J connectivity index is 1.69. The van der Waals surface area contributed by atoms with Crippen LogP contribution in [0.2, 0.25) is 0 Å². The van der Waals surface area contributed by atoms with Gasteiger partial charge in [-0.25, -0.2) is 0 Å². The van der Waals surface area contributed by atoms with Gasteiger partial charge in [-0.15, -0.1) is 0 Å². The highest BCUT2D eigenvalue weighted by molar-refractivity contribution is 5.77. The maximum absolute atomic E-state index is 11.7. The second-order valence-electron chi connectivity index (χ2n) is 4.49. The van der Waals surface area contributed by atoms with Crippen molar-refractivity contribution >= 4 is 5.91 Å². The summed E-state index contributed by atoms with van der Waals surface area (Å²) >= 11 is 0. The van der Waals surface area contributed by atoms with Crippen molar-refractivity contribution in [2.24, 2.45) is 0 Å². The number of phenols is 1. The lowest BCUT2D eigenvalue weighted by Gasteiger charge is -2.08. The first-order chi connectivity index (χ1) is 9.75. The average Bonchev–Trinajstić information content (AvgIpc) is 2.48. The van der Waals surface area contributed by atoms with Crippen LogP contribution in [0.15, 0.2) is 54.6 Å². The maximum Gasteiger partial charge on any atom is 0.234 e. The van der Waals surface area contributed by atoms with Crippen molar-refractivity contribution in [2.45, 2.75) is 13.1 Å². The number of hydrogen-bond donors (Lipinski definition) is 3. The van der Waals surface area contributed by atoms with Crippen LogP contribution in [0.25, 0.3) is 0 Å². The summed E-state index contributed by atoms with van der Waals surface area (Å²) in [6, 6.07) is 16.8. The fraction of sp³-hybridized carbons (Fsp3) is 0.188. The van der Waals surface area contributed by atoms with E-state index in [4.69, 9.17) is 0 Å². The van der Waals surface area contributed by atoms with Gasteiger partial charge in [0.25, 0.3) is 0 Å². The van der Waals surface area contributed by atoms with E-state index in [-0.39, 0.29) is 18.2 Å². The molecule has 0 aliphatic rings. The van der Waals surface area contributed by atoms with Crippen molar-refractivity contribution in [3.8, 4) is 5.75 Å². The molecule has 0 fully saturated rings. The zero-order valence-corrected chi connectivity index (χ0v) is 11.2. The first-order valence-electron chi connectivity index (χ1n) is 6.54. The topological polar surface area (TPSA) is 61.4 Å². The van der Waals surface area contributed by atoms with E-state index in [0.717, 1.165) is 11.1 Å². The van der Waals surface area contributed by atoms with Gasteiger partial charge in [0.15, 0.2) is 0 Å². The molecule has 2 aromatic carbocycles. The summed E-state index contributed by atoms with van der Waals surface area (Å²) < 4.78 is 0. The second kappa shape index (κ2) is 7.31. The Morgan fingerprint density at radius 2 is 1.65 bits per heavy atom. The van der Waals surface area contributed by atoms with Gasteiger partial charge in [0.2, 0.25) is 5.91 Å². The van der Waals surface area contributed by atoms with Gasteiger partial charge in [-0.1, -0.05) is 48.5 Å². The summed E-state index contributed by atoms with van der Waals surface area (Å²) in [5.74, 6) is 0.175. The molecule has 0 spiro atoms. The van der Waals surface area contributed by atoms with Crippen LogP contribution in [0.1, 0.15) is 11.1 Å². The summed E-state index contributed by atoms with van der Waals surface area (Å²) in [4.78, 5) is 11.7. The van der Waals surface area contributed by atoms with Gasteiger partial charge in [0, 0.05) is 18.7 Å². The van der Waals surface area contributed by atoms with E-state index in [1.165, 1.54) is 0 Å². The van der Waals surface area contributed by atoms with Gasteiger partial charge in [-0.2, -0.15) is 0 Å². The summed E-state index contributed by atoms with van der Waals surface area (Å²) in [6.07, 6.45) is 0. The number of hydrogen-bond acceptors (Lipinski definition) is 3. The van der Waals surface area contributed by atoms with Crippen molar-refractivity contribution < 1.29 is 9.90 Å². The third-order valence-corrected chi connectivity index (χ3v) is 2.93. The van der Waals surface area contributed by atoms with Crippen molar-refractivity contribution in [1.29, 1.82) is 0 Å². The Labute approximate surface area is 118 Å². The summed E-state index contributed by atoms with van der Waals surface area (Å²) in [5, 5.41) is 15.4. The van der Waals surface area contributed by atoms with E-state index in [2.05, 4.69) is 10.6 Å². The zero-order valence-electron chi connectivity index (χ0n) is 11.2. The van der Waals surface area contributed by atoms with Crippen molar-refractivity contribution in [2.75, 3.05) is 6.54 Å². The van der Waals surface area contributed by atoms with E-state index in [9.17, 15) is 9.90 Å². The highest BCUT2D eigenvalue weighted by Crippen LogP contribution is 2.14. The largest absolute Gasteiger partial charge is 0.508 e. The monoisotopic (exact) mass is 270 g/mol. The van der Waals surface area contributed by atoms with Crippen LogP contribution in [0.5, 0.6) is 5.75 Å². The number of amides is 1. The molecule has 3 N–H and O–H groups in total. The molecular formula is C16H18N2O2. The minimum absolute atomic E-state index is 0.0655. The molecule has 104 valence electrons. The van der Waals surface area contributed by atoms with Crippen LogP contribution in [0, 0.1) is 0 Å². The molecule has 0 atom stereocenters. The van der Waals surface area contributed by atoms with E-state index in [0.29, 0.717) is 13.1 Å². The molecule has 0 saturated heterocycles. The molecule has 4 nitrogen and oxygen atoms in total. The third kappa shape index (κ3) is 4.40. The molecule has 20 heavy (non-hydrogen) atoms. The van der Waals surface area contributed by atoms with Crippen LogP contribution in [0.3, 0.4) is 0 Å². The Kier molecular flexibility index (Phi) is 5.15. The summed E-state index contributed by atoms with van der Waals surface area (Å²) in [7, 11) is 0. The Morgan fingerprint density at radius 1 is 0.950 bits per heavy atom. The van der Waals surface area contributed by atoms with Crippen LogP contribution >= 0.6 is 0 Å². The fourth-order valence-corrected chi connectivity index (χ4v) is 1.83. The molecule has 2 aromatic rings. The SMILES string of the molecule is O=C(CNCc1ccccc1O)NCc1ccccc1. The maximum atomic E-state index is 11.7. The minimum atomic E-state index is -0.0655. The number of aromatic hydroxyl groups is 1. The zero-order chi connectivity index (χ0) is 14.2. The number of carbonyl (C=O) groups is 1. The molecule has 0 saturated carbocycles. The van der Waals surface area contributed by atoms with E-state index < -0.39 is 0 Å². The van der Waals surface area contributed by atoms with E-state index in [1.807, 2.05) is 42.5 Å². The number of nitrogens with one attached hydrogen (secondary N) is 2. The molecule has 4 heteroatoms. The van der Waals surface area contributed by atoms with Gasteiger partial charge in [-0.3, -0.25) is 4.79 Å². The summed E-state index contributed by atoms with van der Waals surface area (Å²) in [5.41, 5.74) is 1.85. The van der Waals surface area contributed by atoms with Crippen molar-refractivity contribution in [1.82, 2.24) is 10.6 Å². The molecule has 0 radical (unpaired) electrons. The van der Waals surface area contributed by atoms with E-state index in [1.54, 1.807) is 12.1 Å². The lowest BCUT2D eigenvalue weighted by molar-refractivity contribution is -0.120. The molecular weight excluding hydrogens is 252 g/mol. The predicted octanol–water partition coefficient (Wildman–Crippen LogP) is 1.80. The molecule has 0 bridgehead atoms. The van der Waals surface area contributed by atoms with Crippen molar-refractivity contribution in [3.63, 3.8) is 0 Å². The van der Waals surface area contributed by atoms with Gasteiger partial charge in [-0.05, 0) is 11.6 Å². The quantitative estimate of drug-likeness (QED) is 0.750. The normalized spacial score (nSPS) is 10.2. The lowest BCUT2D eigenvalue weighted by Crippen LogP contribution is -2.33. The smallest absolute Gasteiger partial charge is 0.234 e. The molecule has 1 amide bonds. The highest BCUT2D eigenvalue weighted by Gasteiger charge is 2.02. The van der Waals surface area contributed by atoms with Gasteiger partial charge in [0.1, 0.15) is 5.75 Å². The Bertz CT molecular complexity index is 555. The van der Waals surface area contributed by atoms with Crippen LogP contribution in [-0.4, -0.2) is 17.6 Å². The molecule has 0 aromatic heterocycles. The second-order valence-corrected chi connectivity index (χ2v) is 4.49. The molecule has 0 heterocycles. The molecule has 0 unspecified atom stereocenters. The van der Waals surface area contributed by atoms with Crippen LogP contribution in [-0.2, 0) is 17.9 Å². The number of rotatable bonds is 6. The van der Waals surface area contributed by atoms with E-state index >= 15 is 0 Å². The molecule has 0 aliphatic heterocycles. The standard InChI is InChI=1S/C16H18N2O2/c19-15-9-5-4-8-14(15)11-17-12-16(20)18-10-13-6-2-1-3-7-13/h1-9,17,19H,10-12H2,(H,18,20). The summed E-state index contributed by atoms with van der Waals surface area (Å²) in [6.45, 7) is 1.21. The van der Waals surface area contributed by atoms with Crippen LogP contribution in [0.4, 0.5) is 0 Å². The fourth-order valence-electron chi connectivity index (χ4n) is 1.83. The van der Waals surface area contributed by atoms with Gasteiger partial charge < -0.3 is 15.7 Å². The number of carbonyl (C=O) groups excluding carboxylic acids is 1. The van der Waals surface area contributed by atoms with Gasteiger partial charge in [0.05, 0.1) is 6.54 Å². The number of para-hydroxylation sites is 1. The number of phenolic OH excluding ortho intramolecular Hbond substituents is 1. The Hall–Kier alpha value is -2.33. The minimum Gasteiger partial charge on any atom is -0.508 e. The molecule has 2 rings (SSSR count). The average molecular weight is 270 g/mol.